The molecule has 1 saturated heterocycles. The summed E-state index contributed by atoms with van der Waals surface area (Å²) in [5, 5.41) is 7.75. The van der Waals surface area contributed by atoms with Gasteiger partial charge in [0.2, 0.25) is 0 Å². The lowest BCUT2D eigenvalue weighted by Crippen LogP contribution is -2.25. The van der Waals surface area contributed by atoms with Gasteiger partial charge in [-0.2, -0.15) is 5.10 Å². The molecule has 5 rings (SSSR count). The zero-order chi connectivity index (χ0) is 17.7. The van der Waals surface area contributed by atoms with Crippen molar-refractivity contribution in [3.05, 3.63) is 29.9 Å². The van der Waals surface area contributed by atoms with Crippen LogP contribution in [0.2, 0.25) is 0 Å². The molecule has 4 aromatic rings. The van der Waals surface area contributed by atoms with Crippen LogP contribution in [0.15, 0.2) is 29.9 Å². The molecular formula is C19H20N4OS2. The van der Waals surface area contributed by atoms with Crippen molar-refractivity contribution < 1.29 is 4.74 Å². The third-order valence-electron chi connectivity index (χ3n) is 5.19. The summed E-state index contributed by atoms with van der Waals surface area (Å²) in [7, 11) is 1.98. The van der Waals surface area contributed by atoms with E-state index in [0.29, 0.717) is 5.92 Å². The van der Waals surface area contributed by atoms with Crippen LogP contribution in [0.4, 0.5) is 0 Å². The molecule has 3 aromatic heterocycles. The van der Waals surface area contributed by atoms with Crippen molar-refractivity contribution in [3.63, 3.8) is 0 Å². The summed E-state index contributed by atoms with van der Waals surface area (Å²) >= 11 is 3.41. The number of thiazole rings is 1. The van der Waals surface area contributed by atoms with E-state index in [-0.39, 0.29) is 6.10 Å². The maximum absolute atomic E-state index is 6.43. The summed E-state index contributed by atoms with van der Waals surface area (Å²) in [4.78, 5) is 5.77. The fourth-order valence-corrected chi connectivity index (χ4v) is 5.39. The smallest absolute Gasteiger partial charge is 0.139 e. The fourth-order valence-electron chi connectivity index (χ4n) is 3.63. The second kappa shape index (κ2) is 6.33. The number of ether oxygens (including phenoxy) is 1. The van der Waals surface area contributed by atoms with E-state index in [2.05, 4.69) is 40.5 Å². The van der Waals surface area contributed by atoms with Gasteiger partial charge < -0.3 is 10.1 Å². The summed E-state index contributed by atoms with van der Waals surface area (Å²) in [6, 6.07) is 6.55. The lowest BCUT2D eigenvalue weighted by Gasteiger charge is -2.21. The maximum atomic E-state index is 6.43. The summed E-state index contributed by atoms with van der Waals surface area (Å²) in [5.74, 6) is 1.52. The van der Waals surface area contributed by atoms with Crippen molar-refractivity contribution in [1.29, 1.82) is 0 Å². The predicted octanol–water partition coefficient (Wildman–Crippen LogP) is 4.29. The van der Waals surface area contributed by atoms with Crippen molar-refractivity contribution in [2.24, 2.45) is 13.0 Å². The normalized spacial score (nSPS) is 18.8. The average Bonchev–Trinajstić information content (AvgIpc) is 3.41. The highest BCUT2D eigenvalue weighted by molar-refractivity contribution is 7.22. The molecule has 5 nitrogen and oxygen atoms in total. The van der Waals surface area contributed by atoms with Crippen molar-refractivity contribution in [3.8, 4) is 16.2 Å². The van der Waals surface area contributed by atoms with E-state index in [1.165, 1.54) is 16.0 Å². The molecule has 0 amide bonds. The Labute approximate surface area is 159 Å². The van der Waals surface area contributed by atoms with Gasteiger partial charge in [0.1, 0.15) is 11.9 Å². The summed E-state index contributed by atoms with van der Waals surface area (Å²) in [6.07, 6.45) is 3.30. The molecule has 0 saturated carbocycles. The van der Waals surface area contributed by atoms with Gasteiger partial charge >= 0.3 is 0 Å². The third kappa shape index (κ3) is 2.71. The first kappa shape index (κ1) is 16.2. The molecule has 1 aromatic carbocycles. The first-order valence-electron chi connectivity index (χ1n) is 8.85. The Bertz CT molecular complexity index is 1070. The van der Waals surface area contributed by atoms with Crippen LogP contribution in [0.1, 0.15) is 13.3 Å². The summed E-state index contributed by atoms with van der Waals surface area (Å²) in [5.41, 5.74) is 5.24. The van der Waals surface area contributed by atoms with Crippen LogP contribution in [0.5, 0.6) is 5.75 Å². The van der Waals surface area contributed by atoms with E-state index in [4.69, 9.17) is 4.74 Å². The van der Waals surface area contributed by atoms with Gasteiger partial charge in [0.05, 0.1) is 32.1 Å². The monoisotopic (exact) mass is 384 g/mol. The zero-order valence-corrected chi connectivity index (χ0v) is 16.4. The van der Waals surface area contributed by atoms with Crippen LogP contribution in [-0.4, -0.2) is 34.0 Å². The van der Waals surface area contributed by atoms with Gasteiger partial charge in [0.25, 0.3) is 0 Å². The molecule has 0 unspecified atom stereocenters. The summed E-state index contributed by atoms with van der Waals surface area (Å²) < 4.78 is 10.7. The van der Waals surface area contributed by atoms with Crippen molar-refractivity contribution in [1.82, 2.24) is 20.1 Å². The highest BCUT2D eigenvalue weighted by atomic mass is 32.1. The van der Waals surface area contributed by atoms with E-state index in [1.807, 2.05) is 23.4 Å². The van der Waals surface area contributed by atoms with Gasteiger partial charge in [0.15, 0.2) is 0 Å². The Morgan fingerprint density at radius 1 is 1.35 bits per heavy atom. The minimum Gasteiger partial charge on any atom is -0.489 e. The topological polar surface area (TPSA) is 52.0 Å². The van der Waals surface area contributed by atoms with Crippen LogP contribution in [-0.2, 0) is 7.05 Å². The van der Waals surface area contributed by atoms with E-state index in [0.717, 1.165) is 40.1 Å². The van der Waals surface area contributed by atoms with E-state index in [1.54, 1.807) is 22.7 Å². The quantitative estimate of drug-likeness (QED) is 0.570. The first-order valence-corrected chi connectivity index (χ1v) is 10.5. The fraction of sp³-hybridized carbons (Fsp3) is 0.368. The predicted molar refractivity (Wildman–Crippen MR) is 108 cm³/mol. The third-order valence-corrected chi connectivity index (χ3v) is 7.16. The van der Waals surface area contributed by atoms with Crippen LogP contribution < -0.4 is 10.1 Å². The Morgan fingerprint density at radius 3 is 3.08 bits per heavy atom. The van der Waals surface area contributed by atoms with Crippen molar-refractivity contribution in [2.45, 2.75) is 19.4 Å². The molecule has 0 bridgehead atoms. The minimum absolute atomic E-state index is 0.192. The molecule has 2 atom stereocenters. The first-order chi connectivity index (χ1) is 12.7. The standard InChI is InChI=1S/C19H20N4OS2/c1-11(12-3-4-20-8-12)24-16-6-13(5-14-19(16)25-10-21-14)17-7-15-18(26-17)9-22-23(15)2/h5-7,9-12,20H,3-4,8H2,1-2H3/t11-,12-/m1/s1. The summed E-state index contributed by atoms with van der Waals surface area (Å²) in [6.45, 7) is 4.31. The molecule has 0 aliphatic carbocycles. The number of nitrogens with one attached hydrogen (secondary N) is 1. The second-order valence-electron chi connectivity index (χ2n) is 6.88. The number of rotatable bonds is 4. The molecule has 1 aliphatic rings. The van der Waals surface area contributed by atoms with E-state index >= 15 is 0 Å². The van der Waals surface area contributed by atoms with Crippen molar-refractivity contribution >= 4 is 43.1 Å². The number of aromatic nitrogens is 3. The lowest BCUT2D eigenvalue weighted by atomic mass is 10.0. The van der Waals surface area contributed by atoms with Gasteiger partial charge in [0, 0.05) is 24.4 Å². The van der Waals surface area contributed by atoms with Gasteiger partial charge in [-0.15, -0.1) is 22.7 Å². The van der Waals surface area contributed by atoms with Crippen LogP contribution in [0.25, 0.3) is 30.9 Å². The Hall–Kier alpha value is -1.96. The number of benzene rings is 1. The Balaban J connectivity index is 1.55. The number of aryl methyl sites for hydroxylation is 1. The number of nitrogens with zero attached hydrogens (tertiary/aromatic N) is 3. The van der Waals surface area contributed by atoms with Crippen LogP contribution in [0, 0.1) is 5.92 Å². The van der Waals surface area contributed by atoms with Gasteiger partial charge in [-0.25, -0.2) is 4.98 Å². The molecule has 0 spiro atoms. The molecule has 1 fully saturated rings. The minimum atomic E-state index is 0.192. The van der Waals surface area contributed by atoms with Gasteiger partial charge in [-0.3, -0.25) is 4.68 Å². The maximum Gasteiger partial charge on any atom is 0.139 e. The molecular weight excluding hydrogens is 364 g/mol. The molecule has 0 radical (unpaired) electrons. The van der Waals surface area contributed by atoms with Gasteiger partial charge in [-0.1, -0.05) is 0 Å². The molecule has 7 heteroatoms. The lowest BCUT2D eigenvalue weighted by molar-refractivity contribution is 0.163. The number of fused-ring (bicyclic) bond motifs is 2. The largest absolute Gasteiger partial charge is 0.489 e. The molecule has 4 heterocycles. The highest BCUT2D eigenvalue weighted by Gasteiger charge is 2.24. The average molecular weight is 385 g/mol. The molecule has 1 aliphatic heterocycles. The molecule has 26 heavy (non-hydrogen) atoms. The zero-order valence-electron chi connectivity index (χ0n) is 14.7. The molecule has 1 N–H and O–H groups in total. The number of hydrogen-bond donors (Lipinski definition) is 1. The van der Waals surface area contributed by atoms with E-state index in [9.17, 15) is 0 Å². The highest BCUT2D eigenvalue weighted by Crippen LogP contribution is 2.39. The van der Waals surface area contributed by atoms with Crippen LogP contribution >= 0.6 is 22.7 Å². The van der Waals surface area contributed by atoms with E-state index < -0.39 is 0 Å². The van der Waals surface area contributed by atoms with Gasteiger partial charge in [-0.05, 0) is 43.7 Å². The molecule has 134 valence electrons. The van der Waals surface area contributed by atoms with Crippen LogP contribution in [0.3, 0.4) is 0 Å². The number of thiophene rings is 1. The van der Waals surface area contributed by atoms with Crippen molar-refractivity contribution in [2.75, 3.05) is 13.1 Å². The Kier molecular flexibility index (Phi) is 3.95. The SMILES string of the molecule is C[C@@H](Oc1cc(-c2cc3c(cnn3C)s2)cc2ncsc12)[C@@H]1CCNC1. The Morgan fingerprint density at radius 2 is 2.27 bits per heavy atom. The second-order valence-corrected chi connectivity index (χ2v) is 8.82. The number of hydrogen-bond acceptors (Lipinski definition) is 6.